The van der Waals surface area contributed by atoms with Crippen LogP contribution in [0.3, 0.4) is 0 Å². The maximum atomic E-state index is 12.2. The van der Waals surface area contributed by atoms with Gasteiger partial charge in [0.2, 0.25) is 5.91 Å². The van der Waals surface area contributed by atoms with Crippen LogP contribution in [0.5, 0.6) is 11.5 Å². The summed E-state index contributed by atoms with van der Waals surface area (Å²) < 4.78 is 10.8. The first-order chi connectivity index (χ1) is 14.6. The maximum Gasteiger partial charge on any atom is 0.414 e. The lowest BCUT2D eigenvalue weighted by molar-refractivity contribution is -0.159. The van der Waals surface area contributed by atoms with Crippen molar-refractivity contribution in [3.63, 3.8) is 0 Å². The quantitative estimate of drug-likeness (QED) is 0.543. The Bertz CT molecular complexity index is 850. The molecule has 9 nitrogen and oxygen atoms in total. The molecule has 3 N–H and O–H groups in total. The second kappa shape index (κ2) is 12.9. The number of hydrogen-bond acceptors (Lipinski definition) is 6. The van der Waals surface area contributed by atoms with Gasteiger partial charge in [0.15, 0.2) is 0 Å². The molecule has 31 heavy (non-hydrogen) atoms. The third-order valence-electron chi connectivity index (χ3n) is 4.14. The van der Waals surface area contributed by atoms with E-state index in [0.29, 0.717) is 19.7 Å². The Kier molecular flexibility index (Phi) is 10.6. The molecule has 0 aliphatic carbocycles. The number of amides is 1. The van der Waals surface area contributed by atoms with Crippen molar-refractivity contribution in [3.8, 4) is 11.5 Å². The number of para-hydroxylation sites is 1. The van der Waals surface area contributed by atoms with Crippen LogP contribution in [-0.4, -0.2) is 66.8 Å². The molecule has 0 saturated carbocycles. The molecule has 2 aromatic rings. The van der Waals surface area contributed by atoms with E-state index in [0.717, 1.165) is 28.3 Å². The van der Waals surface area contributed by atoms with E-state index in [9.17, 15) is 4.79 Å². The van der Waals surface area contributed by atoms with E-state index in [2.05, 4.69) is 5.32 Å². The van der Waals surface area contributed by atoms with Gasteiger partial charge in [0.05, 0.1) is 13.7 Å². The molecule has 1 amide bonds. The number of rotatable bonds is 8. The molecule has 0 spiro atoms. The molecule has 0 aliphatic heterocycles. The summed E-state index contributed by atoms with van der Waals surface area (Å²) in [5, 5.41) is 17.8. The number of hydrogen-bond donors (Lipinski definition) is 3. The summed E-state index contributed by atoms with van der Waals surface area (Å²) in [7, 11) is 3.54. The van der Waals surface area contributed by atoms with Crippen molar-refractivity contribution in [1.82, 2.24) is 4.90 Å². The first-order valence-electron chi connectivity index (χ1n) is 9.41. The lowest BCUT2D eigenvalue weighted by Gasteiger charge is -2.18. The zero-order chi connectivity index (χ0) is 23.4. The minimum atomic E-state index is -1.82. The fourth-order valence-electron chi connectivity index (χ4n) is 2.51. The van der Waals surface area contributed by atoms with Gasteiger partial charge in [-0.3, -0.25) is 9.69 Å². The Labute approximate surface area is 181 Å². The molecule has 0 fully saturated rings. The summed E-state index contributed by atoms with van der Waals surface area (Å²) in [5.41, 5.74) is 3.04. The molecule has 0 unspecified atom stereocenters. The monoisotopic (exact) mass is 432 g/mol. The van der Waals surface area contributed by atoms with Gasteiger partial charge < -0.3 is 25.0 Å². The summed E-state index contributed by atoms with van der Waals surface area (Å²) in [6.45, 7) is 5.48. The van der Waals surface area contributed by atoms with Gasteiger partial charge in [-0.25, -0.2) is 9.59 Å². The van der Waals surface area contributed by atoms with E-state index in [1.807, 2.05) is 68.3 Å². The normalized spacial score (nSPS) is 9.97. The van der Waals surface area contributed by atoms with E-state index in [1.54, 1.807) is 7.11 Å². The zero-order valence-electron chi connectivity index (χ0n) is 18.0. The summed E-state index contributed by atoms with van der Waals surface area (Å²) >= 11 is 0. The molecular formula is C22H28N2O7. The van der Waals surface area contributed by atoms with E-state index < -0.39 is 11.9 Å². The van der Waals surface area contributed by atoms with Crippen molar-refractivity contribution in [2.24, 2.45) is 0 Å². The number of aryl methyl sites for hydroxylation is 2. The van der Waals surface area contributed by atoms with E-state index in [1.165, 1.54) is 0 Å². The van der Waals surface area contributed by atoms with Crippen LogP contribution >= 0.6 is 0 Å². The smallest absolute Gasteiger partial charge is 0.414 e. The van der Waals surface area contributed by atoms with Crippen LogP contribution in [0.1, 0.15) is 11.1 Å². The molecule has 0 radical (unpaired) electrons. The Morgan fingerprint density at radius 3 is 1.94 bits per heavy atom. The second-order valence-electron chi connectivity index (χ2n) is 6.69. The zero-order valence-corrected chi connectivity index (χ0v) is 18.0. The molecule has 2 aromatic carbocycles. The molecule has 0 aliphatic rings. The largest absolute Gasteiger partial charge is 0.497 e. The molecular weight excluding hydrogens is 404 g/mol. The molecule has 0 bridgehead atoms. The standard InChI is InChI=1S/C20H26N2O3.C2H2O4/c1-15-6-5-7-16(2)20(15)21-19(23)14-22(3)12-13-25-18-10-8-17(24-4)9-11-18;3-1(4)2(5)6/h5-11H,12-14H2,1-4H3,(H,21,23);(H,3,4)(H,5,6). The van der Waals surface area contributed by atoms with Crippen molar-refractivity contribution in [2.75, 3.05) is 39.2 Å². The maximum absolute atomic E-state index is 12.2. The molecule has 2 rings (SSSR count). The summed E-state index contributed by atoms with van der Waals surface area (Å²) in [6, 6.07) is 13.4. The fourth-order valence-corrected chi connectivity index (χ4v) is 2.51. The highest BCUT2D eigenvalue weighted by molar-refractivity contribution is 6.27. The van der Waals surface area contributed by atoms with Crippen LogP contribution in [0.25, 0.3) is 0 Å². The fraction of sp³-hybridized carbons (Fsp3) is 0.318. The van der Waals surface area contributed by atoms with Gasteiger partial charge >= 0.3 is 11.9 Å². The predicted octanol–water partition coefficient (Wildman–Crippen LogP) is 2.42. The average Bonchev–Trinajstić information content (AvgIpc) is 2.71. The SMILES string of the molecule is COc1ccc(OCCN(C)CC(=O)Nc2c(C)cccc2C)cc1.O=C(O)C(=O)O. The minimum Gasteiger partial charge on any atom is -0.497 e. The van der Waals surface area contributed by atoms with Crippen LogP contribution in [0, 0.1) is 13.8 Å². The van der Waals surface area contributed by atoms with Gasteiger partial charge in [0.1, 0.15) is 18.1 Å². The predicted molar refractivity (Wildman–Crippen MR) is 116 cm³/mol. The van der Waals surface area contributed by atoms with Crippen molar-refractivity contribution in [2.45, 2.75) is 13.8 Å². The van der Waals surface area contributed by atoms with Crippen molar-refractivity contribution in [3.05, 3.63) is 53.6 Å². The van der Waals surface area contributed by atoms with Crippen LogP contribution in [0.2, 0.25) is 0 Å². The molecule has 0 aromatic heterocycles. The molecule has 9 heteroatoms. The summed E-state index contributed by atoms with van der Waals surface area (Å²) in [6.07, 6.45) is 0. The molecule has 0 saturated heterocycles. The number of aliphatic carboxylic acids is 2. The average molecular weight is 432 g/mol. The first kappa shape index (κ1) is 25.4. The number of likely N-dealkylation sites (N-methyl/N-ethyl adjacent to an activating group) is 1. The topological polar surface area (TPSA) is 125 Å². The van der Waals surface area contributed by atoms with Crippen molar-refractivity contribution >= 4 is 23.5 Å². The number of carbonyl (C=O) groups is 3. The van der Waals surface area contributed by atoms with Gasteiger partial charge in [-0.15, -0.1) is 0 Å². The third kappa shape index (κ3) is 9.64. The van der Waals surface area contributed by atoms with E-state index in [4.69, 9.17) is 29.3 Å². The molecule has 168 valence electrons. The van der Waals surface area contributed by atoms with Gasteiger partial charge in [-0.1, -0.05) is 18.2 Å². The molecule has 0 heterocycles. The highest BCUT2D eigenvalue weighted by Crippen LogP contribution is 2.19. The lowest BCUT2D eigenvalue weighted by atomic mass is 10.1. The number of nitrogens with zero attached hydrogens (tertiary/aromatic N) is 1. The van der Waals surface area contributed by atoms with Crippen molar-refractivity contribution in [1.29, 1.82) is 0 Å². The second-order valence-corrected chi connectivity index (χ2v) is 6.69. The van der Waals surface area contributed by atoms with Gasteiger partial charge in [0.25, 0.3) is 0 Å². The number of anilines is 1. The van der Waals surface area contributed by atoms with E-state index >= 15 is 0 Å². The summed E-state index contributed by atoms with van der Waals surface area (Å²) in [4.78, 5) is 32.4. The van der Waals surface area contributed by atoms with Crippen LogP contribution in [0.15, 0.2) is 42.5 Å². The van der Waals surface area contributed by atoms with Crippen LogP contribution in [0.4, 0.5) is 5.69 Å². The summed E-state index contributed by atoms with van der Waals surface area (Å²) in [5.74, 6) is -2.09. The number of benzene rings is 2. The third-order valence-corrected chi connectivity index (χ3v) is 4.14. The Hall–Kier alpha value is -3.59. The minimum absolute atomic E-state index is 0.0238. The van der Waals surface area contributed by atoms with Gasteiger partial charge in [0, 0.05) is 12.2 Å². The number of carboxylic acids is 2. The number of carboxylic acid groups (broad SMARTS) is 2. The highest BCUT2D eigenvalue weighted by Gasteiger charge is 2.10. The lowest BCUT2D eigenvalue weighted by Crippen LogP contribution is -2.33. The first-order valence-corrected chi connectivity index (χ1v) is 9.41. The van der Waals surface area contributed by atoms with E-state index in [-0.39, 0.29) is 5.91 Å². The van der Waals surface area contributed by atoms with Crippen molar-refractivity contribution < 1.29 is 34.1 Å². The Morgan fingerprint density at radius 1 is 0.935 bits per heavy atom. The molecule has 0 atom stereocenters. The van der Waals surface area contributed by atoms with Crippen LogP contribution < -0.4 is 14.8 Å². The number of ether oxygens (including phenoxy) is 2. The van der Waals surface area contributed by atoms with Gasteiger partial charge in [-0.2, -0.15) is 0 Å². The Morgan fingerprint density at radius 2 is 1.45 bits per heavy atom. The number of carbonyl (C=O) groups excluding carboxylic acids is 1. The van der Waals surface area contributed by atoms with Crippen LogP contribution in [-0.2, 0) is 14.4 Å². The number of methoxy groups -OCH3 is 1. The number of nitrogens with one attached hydrogen (secondary N) is 1. The van der Waals surface area contributed by atoms with Gasteiger partial charge in [-0.05, 0) is 56.3 Å². The highest BCUT2D eigenvalue weighted by atomic mass is 16.5. The Balaban J connectivity index is 0.000000703.